The summed E-state index contributed by atoms with van der Waals surface area (Å²) in [4.78, 5) is 2.54. The van der Waals surface area contributed by atoms with E-state index in [1.54, 1.807) is 0 Å². The summed E-state index contributed by atoms with van der Waals surface area (Å²) in [5, 5.41) is 3.50. The third kappa shape index (κ3) is 5.42. The van der Waals surface area contributed by atoms with Crippen molar-refractivity contribution >= 4 is 0 Å². The molecule has 0 aliphatic carbocycles. The number of rotatable bonds is 8. The summed E-state index contributed by atoms with van der Waals surface area (Å²) in [6.07, 6.45) is 5.19. The van der Waals surface area contributed by atoms with Gasteiger partial charge in [0.1, 0.15) is 0 Å². The van der Waals surface area contributed by atoms with Crippen molar-refractivity contribution in [3.63, 3.8) is 0 Å². The molecule has 0 radical (unpaired) electrons. The summed E-state index contributed by atoms with van der Waals surface area (Å²) in [5.74, 6) is 0. The molecule has 118 valence electrons. The van der Waals surface area contributed by atoms with Gasteiger partial charge in [0, 0.05) is 20.2 Å². The first-order chi connectivity index (χ1) is 10.3. The predicted octanol–water partition coefficient (Wildman–Crippen LogP) is 2.84. The molecule has 1 aliphatic rings. The summed E-state index contributed by atoms with van der Waals surface area (Å²) in [7, 11) is 1.83. The van der Waals surface area contributed by atoms with Gasteiger partial charge in [-0.05, 0) is 56.4 Å². The molecule has 2 rings (SSSR count). The zero-order valence-corrected chi connectivity index (χ0v) is 13.6. The molecular weight excluding hydrogens is 260 g/mol. The van der Waals surface area contributed by atoms with Crippen molar-refractivity contribution in [3.05, 3.63) is 35.4 Å². The van der Waals surface area contributed by atoms with Gasteiger partial charge in [0.25, 0.3) is 0 Å². The molecule has 1 atom stereocenters. The Morgan fingerprint density at radius 3 is 2.81 bits per heavy atom. The summed E-state index contributed by atoms with van der Waals surface area (Å²) in [5.41, 5.74) is 2.97. The average Bonchev–Trinajstić information content (AvgIpc) is 2.53. The molecule has 21 heavy (non-hydrogen) atoms. The van der Waals surface area contributed by atoms with Crippen molar-refractivity contribution < 1.29 is 4.74 Å². The third-order valence-corrected chi connectivity index (χ3v) is 4.31. The van der Waals surface area contributed by atoms with E-state index in [0.717, 1.165) is 32.6 Å². The van der Waals surface area contributed by atoms with Crippen LogP contribution < -0.4 is 5.32 Å². The number of ether oxygens (including phenoxy) is 1. The minimum absolute atomic E-state index is 0.414. The molecule has 0 aromatic heterocycles. The number of nitrogens with zero attached hydrogens (tertiary/aromatic N) is 1. The fourth-order valence-corrected chi connectivity index (χ4v) is 3.07. The minimum atomic E-state index is 0.414. The number of nitrogens with one attached hydrogen (secondary N) is 1. The quantitative estimate of drug-likeness (QED) is 0.745. The lowest BCUT2D eigenvalue weighted by Crippen LogP contribution is -2.38. The summed E-state index contributed by atoms with van der Waals surface area (Å²) < 4.78 is 5.53. The second-order valence-electron chi connectivity index (χ2n) is 6.00. The standard InChI is InChI=1S/C18H30N2O/c1-3-11-19-12-10-16-7-4-5-8-17(16)14-20-13-6-9-18(15-20)21-2/h4-5,7-8,18-19H,3,6,9-15H2,1-2H3. The third-order valence-electron chi connectivity index (χ3n) is 4.31. The molecule has 0 saturated carbocycles. The number of likely N-dealkylation sites (tertiary alicyclic amines) is 1. The molecule has 3 heteroatoms. The summed E-state index contributed by atoms with van der Waals surface area (Å²) in [6.45, 7) is 7.73. The first-order valence-electron chi connectivity index (χ1n) is 8.36. The molecule has 1 aromatic carbocycles. The smallest absolute Gasteiger partial charge is 0.0698 e. The fraction of sp³-hybridized carbons (Fsp3) is 0.667. The normalized spacial score (nSPS) is 19.8. The SMILES string of the molecule is CCCNCCc1ccccc1CN1CCCC(OC)C1. The van der Waals surface area contributed by atoms with E-state index < -0.39 is 0 Å². The minimum Gasteiger partial charge on any atom is -0.380 e. The molecule has 0 bridgehead atoms. The van der Waals surface area contributed by atoms with Crippen LogP contribution in [-0.2, 0) is 17.7 Å². The molecule has 0 amide bonds. The summed E-state index contributed by atoms with van der Waals surface area (Å²) in [6, 6.07) is 8.88. The first kappa shape index (κ1) is 16.5. The first-order valence-corrected chi connectivity index (χ1v) is 8.36. The lowest BCUT2D eigenvalue weighted by molar-refractivity contribution is 0.0285. The number of hydrogen-bond donors (Lipinski definition) is 1. The Hall–Kier alpha value is -0.900. The van der Waals surface area contributed by atoms with Crippen LogP contribution in [0.2, 0.25) is 0 Å². The van der Waals surface area contributed by atoms with Crippen LogP contribution in [0.15, 0.2) is 24.3 Å². The van der Waals surface area contributed by atoms with Crippen molar-refractivity contribution in [2.75, 3.05) is 33.3 Å². The van der Waals surface area contributed by atoms with E-state index in [9.17, 15) is 0 Å². The molecule has 3 nitrogen and oxygen atoms in total. The Balaban J connectivity index is 1.89. The summed E-state index contributed by atoms with van der Waals surface area (Å²) >= 11 is 0. The number of methoxy groups -OCH3 is 1. The van der Waals surface area contributed by atoms with Crippen LogP contribution in [0.1, 0.15) is 37.3 Å². The second kappa shape index (κ2) is 9.19. The maximum Gasteiger partial charge on any atom is 0.0698 e. The highest BCUT2D eigenvalue weighted by atomic mass is 16.5. The van der Waals surface area contributed by atoms with E-state index in [4.69, 9.17) is 4.74 Å². The highest BCUT2D eigenvalue weighted by Gasteiger charge is 2.19. The van der Waals surface area contributed by atoms with Crippen LogP contribution in [-0.4, -0.2) is 44.3 Å². The van der Waals surface area contributed by atoms with Gasteiger partial charge in [0.05, 0.1) is 6.10 Å². The van der Waals surface area contributed by atoms with E-state index in [1.165, 1.54) is 36.9 Å². The second-order valence-corrected chi connectivity index (χ2v) is 6.00. The number of hydrogen-bond acceptors (Lipinski definition) is 3. The van der Waals surface area contributed by atoms with E-state index >= 15 is 0 Å². The molecule has 1 aliphatic heterocycles. The van der Waals surface area contributed by atoms with Gasteiger partial charge < -0.3 is 10.1 Å². The Labute approximate surface area is 129 Å². The maximum absolute atomic E-state index is 5.53. The Bertz CT molecular complexity index is 408. The van der Waals surface area contributed by atoms with Crippen molar-refractivity contribution in [1.82, 2.24) is 10.2 Å². The van der Waals surface area contributed by atoms with E-state index in [0.29, 0.717) is 6.10 Å². The van der Waals surface area contributed by atoms with Gasteiger partial charge in [0.2, 0.25) is 0 Å². The average molecular weight is 290 g/mol. The highest BCUT2D eigenvalue weighted by molar-refractivity contribution is 5.27. The van der Waals surface area contributed by atoms with Crippen molar-refractivity contribution in [3.8, 4) is 0 Å². The zero-order valence-electron chi connectivity index (χ0n) is 13.6. The van der Waals surface area contributed by atoms with Gasteiger partial charge in [-0.15, -0.1) is 0 Å². The molecule has 0 spiro atoms. The van der Waals surface area contributed by atoms with Crippen LogP contribution >= 0.6 is 0 Å². The van der Waals surface area contributed by atoms with Crippen molar-refractivity contribution in [2.45, 2.75) is 45.3 Å². The van der Waals surface area contributed by atoms with E-state index in [2.05, 4.69) is 41.4 Å². The Morgan fingerprint density at radius 2 is 2.05 bits per heavy atom. The zero-order chi connectivity index (χ0) is 14.9. The predicted molar refractivity (Wildman–Crippen MR) is 88.6 cm³/mol. The number of benzene rings is 1. The molecule has 1 aromatic rings. The molecule has 1 heterocycles. The van der Waals surface area contributed by atoms with E-state index in [-0.39, 0.29) is 0 Å². The largest absolute Gasteiger partial charge is 0.380 e. The Morgan fingerprint density at radius 1 is 1.24 bits per heavy atom. The molecule has 1 fully saturated rings. The lowest BCUT2D eigenvalue weighted by atomic mass is 10.0. The van der Waals surface area contributed by atoms with Crippen LogP contribution in [0.25, 0.3) is 0 Å². The monoisotopic (exact) mass is 290 g/mol. The van der Waals surface area contributed by atoms with Crippen LogP contribution in [0.4, 0.5) is 0 Å². The fourth-order valence-electron chi connectivity index (χ4n) is 3.07. The molecular formula is C18H30N2O. The molecule has 1 unspecified atom stereocenters. The lowest BCUT2D eigenvalue weighted by Gasteiger charge is -2.32. The van der Waals surface area contributed by atoms with E-state index in [1.807, 2.05) is 7.11 Å². The number of piperidine rings is 1. The van der Waals surface area contributed by atoms with Crippen molar-refractivity contribution in [1.29, 1.82) is 0 Å². The molecule has 1 saturated heterocycles. The van der Waals surface area contributed by atoms with Gasteiger partial charge in [-0.2, -0.15) is 0 Å². The molecule has 1 N–H and O–H groups in total. The Kier molecular flexibility index (Phi) is 7.20. The topological polar surface area (TPSA) is 24.5 Å². The van der Waals surface area contributed by atoms with Crippen LogP contribution in [0, 0.1) is 0 Å². The highest BCUT2D eigenvalue weighted by Crippen LogP contribution is 2.18. The van der Waals surface area contributed by atoms with Gasteiger partial charge in [0.15, 0.2) is 0 Å². The van der Waals surface area contributed by atoms with Crippen LogP contribution in [0.3, 0.4) is 0 Å². The van der Waals surface area contributed by atoms with Crippen LogP contribution in [0.5, 0.6) is 0 Å². The van der Waals surface area contributed by atoms with Gasteiger partial charge in [-0.25, -0.2) is 0 Å². The van der Waals surface area contributed by atoms with Gasteiger partial charge in [-0.3, -0.25) is 4.90 Å². The van der Waals surface area contributed by atoms with Gasteiger partial charge >= 0.3 is 0 Å². The van der Waals surface area contributed by atoms with Crippen molar-refractivity contribution in [2.24, 2.45) is 0 Å². The maximum atomic E-state index is 5.53. The van der Waals surface area contributed by atoms with Gasteiger partial charge in [-0.1, -0.05) is 31.2 Å².